The number of hydrogen-bond donors (Lipinski definition) is 3. The van der Waals surface area contributed by atoms with Gasteiger partial charge in [0.15, 0.2) is 0 Å². The van der Waals surface area contributed by atoms with Gasteiger partial charge in [0.1, 0.15) is 5.60 Å². The van der Waals surface area contributed by atoms with Gasteiger partial charge in [-0.2, -0.15) is 11.8 Å². The van der Waals surface area contributed by atoms with Crippen LogP contribution in [0.25, 0.3) is 0 Å². The summed E-state index contributed by atoms with van der Waals surface area (Å²) in [7, 11) is 0. The number of rotatable bonds is 7. The molecule has 2 saturated carbocycles. The lowest BCUT2D eigenvalue weighted by atomic mass is 9.88. The summed E-state index contributed by atoms with van der Waals surface area (Å²) >= 11 is 7.89. The normalized spacial score (nSPS) is 31.0. The Morgan fingerprint density at radius 1 is 1.19 bits per heavy atom. The summed E-state index contributed by atoms with van der Waals surface area (Å²) in [6.07, 6.45) is 8.58. The third kappa shape index (κ3) is 6.96. The average molecular weight is 403 g/mol. The van der Waals surface area contributed by atoms with E-state index in [0.29, 0.717) is 6.42 Å². The lowest BCUT2D eigenvalue weighted by Gasteiger charge is -2.22. The summed E-state index contributed by atoms with van der Waals surface area (Å²) in [6.45, 7) is 0. The van der Waals surface area contributed by atoms with Crippen molar-refractivity contribution in [2.45, 2.75) is 81.3 Å². The van der Waals surface area contributed by atoms with E-state index in [4.69, 9.17) is 16.7 Å². The third-order valence-corrected chi connectivity index (χ3v) is 7.04. The highest BCUT2D eigenvalue weighted by atomic mass is 35.5. The van der Waals surface area contributed by atoms with Gasteiger partial charge < -0.3 is 15.3 Å². The van der Waals surface area contributed by atoms with E-state index in [9.17, 15) is 15.0 Å². The van der Waals surface area contributed by atoms with Crippen LogP contribution in [0.1, 0.15) is 64.2 Å². The first kappa shape index (κ1) is 21.9. The van der Waals surface area contributed by atoms with Gasteiger partial charge in [0.05, 0.1) is 17.8 Å². The molecule has 0 spiro atoms. The molecule has 0 bridgehead atoms. The van der Waals surface area contributed by atoms with Crippen molar-refractivity contribution in [1.29, 1.82) is 0 Å². The van der Waals surface area contributed by atoms with Gasteiger partial charge in [-0.1, -0.05) is 31.1 Å². The number of aliphatic hydroxyl groups is 2. The summed E-state index contributed by atoms with van der Waals surface area (Å²) in [5.74, 6) is 6.46. The van der Waals surface area contributed by atoms with Crippen molar-refractivity contribution >= 4 is 29.3 Å². The molecule has 0 aromatic heterocycles. The molecule has 0 aromatic rings. The second-order valence-corrected chi connectivity index (χ2v) is 9.33. The number of alkyl halides is 1. The lowest BCUT2D eigenvalue weighted by molar-refractivity contribution is -0.133. The van der Waals surface area contributed by atoms with Crippen LogP contribution in [0.15, 0.2) is 0 Å². The minimum absolute atomic E-state index is 0.0836. The molecule has 2 aliphatic rings. The van der Waals surface area contributed by atoms with Gasteiger partial charge in [-0.15, -0.1) is 11.6 Å². The Kier molecular flexibility index (Phi) is 9.09. The number of thioether (sulfide) groups is 1. The molecule has 6 heteroatoms. The van der Waals surface area contributed by atoms with Crippen LogP contribution in [0.5, 0.6) is 0 Å². The van der Waals surface area contributed by atoms with Crippen molar-refractivity contribution < 1.29 is 20.1 Å². The molecule has 0 unspecified atom stereocenters. The number of carbonyl (C=O) groups is 1. The van der Waals surface area contributed by atoms with Crippen LogP contribution >= 0.6 is 23.4 Å². The first-order chi connectivity index (χ1) is 12.4. The standard InChI is InChI=1S/C20H31ClO4S/c21-17-13-18(22)16(8-11-20(25)9-4-1-2-5-10-20)15(17)7-3-6-12-26-14-19(23)24/h15-18,22,25H,1-7,9-10,12-14H2,(H,23,24)/t15-,16-,17-,18-/m1/s1. The number of carboxylic acid groups (broad SMARTS) is 1. The number of unbranched alkanes of at least 4 members (excludes halogenated alkanes) is 1. The predicted octanol–water partition coefficient (Wildman–Crippen LogP) is 3.67. The minimum Gasteiger partial charge on any atom is -0.481 e. The molecule has 2 aliphatic carbocycles. The zero-order valence-electron chi connectivity index (χ0n) is 15.3. The SMILES string of the molecule is O=C(O)CSCCCC[C@@H]1[C@@H](C#CC2(O)CCCCCC2)[C@H](O)C[C@H]1Cl. The van der Waals surface area contributed by atoms with Gasteiger partial charge >= 0.3 is 5.97 Å². The van der Waals surface area contributed by atoms with Gasteiger partial charge in [0.25, 0.3) is 0 Å². The predicted molar refractivity (Wildman–Crippen MR) is 106 cm³/mol. The highest BCUT2D eigenvalue weighted by Crippen LogP contribution is 2.39. The van der Waals surface area contributed by atoms with Gasteiger partial charge in [0.2, 0.25) is 0 Å². The Balaban J connectivity index is 1.87. The lowest BCUT2D eigenvalue weighted by Crippen LogP contribution is -2.27. The molecule has 0 aromatic carbocycles. The van der Waals surface area contributed by atoms with Crippen molar-refractivity contribution in [1.82, 2.24) is 0 Å². The molecule has 0 heterocycles. The second kappa shape index (κ2) is 10.8. The maximum atomic E-state index is 10.7. The summed E-state index contributed by atoms with van der Waals surface area (Å²) in [5, 5.41) is 29.7. The first-order valence-corrected chi connectivity index (χ1v) is 11.4. The van der Waals surface area contributed by atoms with Crippen molar-refractivity contribution in [3.8, 4) is 11.8 Å². The van der Waals surface area contributed by atoms with Gasteiger partial charge in [0, 0.05) is 5.38 Å². The zero-order valence-corrected chi connectivity index (χ0v) is 16.9. The molecule has 148 valence electrons. The highest BCUT2D eigenvalue weighted by Gasteiger charge is 2.40. The molecule has 4 atom stereocenters. The van der Waals surface area contributed by atoms with Crippen LogP contribution < -0.4 is 0 Å². The molecule has 26 heavy (non-hydrogen) atoms. The molecule has 4 nitrogen and oxygen atoms in total. The van der Waals surface area contributed by atoms with E-state index in [0.717, 1.165) is 63.5 Å². The van der Waals surface area contributed by atoms with E-state index < -0.39 is 17.7 Å². The monoisotopic (exact) mass is 402 g/mol. The second-order valence-electron chi connectivity index (χ2n) is 7.67. The van der Waals surface area contributed by atoms with E-state index >= 15 is 0 Å². The first-order valence-electron chi connectivity index (χ1n) is 9.78. The number of aliphatic hydroxyl groups excluding tert-OH is 1. The number of carboxylic acids is 1. The largest absolute Gasteiger partial charge is 0.481 e. The van der Waals surface area contributed by atoms with Crippen LogP contribution in [-0.2, 0) is 4.79 Å². The fourth-order valence-electron chi connectivity index (χ4n) is 4.03. The maximum Gasteiger partial charge on any atom is 0.313 e. The topological polar surface area (TPSA) is 77.8 Å². The fraction of sp³-hybridized carbons (Fsp3) is 0.850. The molecular weight excluding hydrogens is 372 g/mol. The third-order valence-electron chi connectivity index (χ3n) is 5.51. The zero-order chi connectivity index (χ0) is 19.0. The Hall–Kier alpha value is -0.410. The Bertz CT molecular complexity index is 508. The van der Waals surface area contributed by atoms with Crippen LogP contribution in [0.2, 0.25) is 0 Å². The Labute approximate surface area is 166 Å². The fourth-order valence-corrected chi connectivity index (χ4v) is 5.22. The van der Waals surface area contributed by atoms with E-state index in [-0.39, 0.29) is 23.0 Å². The quantitative estimate of drug-likeness (QED) is 0.262. The maximum absolute atomic E-state index is 10.7. The summed E-state index contributed by atoms with van der Waals surface area (Å²) in [6, 6.07) is 0. The Morgan fingerprint density at radius 3 is 2.54 bits per heavy atom. The van der Waals surface area contributed by atoms with Gasteiger partial charge in [-0.25, -0.2) is 0 Å². The number of hydrogen-bond acceptors (Lipinski definition) is 4. The van der Waals surface area contributed by atoms with E-state index in [1.165, 1.54) is 11.8 Å². The molecule has 2 fully saturated rings. The summed E-state index contributed by atoms with van der Waals surface area (Å²) < 4.78 is 0. The van der Waals surface area contributed by atoms with Crippen LogP contribution in [0.3, 0.4) is 0 Å². The van der Waals surface area contributed by atoms with E-state index in [1.807, 2.05) is 0 Å². The van der Waals surface area contributed by atoms with Crippen LogP contribution in [0.4, 0.5) is 0 Å². The molecule has 2 rings (SSSR count). The average Bonchev–Trinajstić information content (AvgIpc) is 2.73. The van der Waals surface area contributed by atoms with Gasteiger partial charge in [-0.3, -0.25) is 4.79 Å². The van der Waals surface area contributed by atoms with Crippen molar-refractivity contribution in [2.24, 2.45) is 11.8 Å². The van der Waals surface area contributed by atoms with Crippen LogP contribution in [0, 0.1) is 23.7 Å². The van der Waals surface area contributed by atoms with Gasteiger partial charge in [-0.05, 0) is 56.6 Å². The Morgan fingerprint density at radius 2 is 1.88 bits per heavy atom. The van der Waals surface area contributed by atoms with E-state index in [1.54, 1.807) is 0 Å². The smallest absolute Gasteiger partial charge is 0.313 e. The van der Waals surface area contributed by atoms with E-state index in [2.05, 4.69) is 11.8 Å². The highest BCUT2D eigenvalue weighted by molar-refractivity contribution is 7.99. The van der Waals surface area contributed by atoms with Crippen molar-refractivity contribution in [3.63, 3.8) is 0 Å². The summed E-state index contributed by atoms with van der Waals surface area (Å²) in [5.41, 5.74) is -0.904. The molecular formula is C20H31ClO4S. The van der Waals surface area contributed by atoms with Crippen molar-refractivity contribution in [2.75, 3.05) is 11.5 Å². The number of aliphatic carboxylic acids is 1. The molecule has 0 aliphatic heterocycles. The molecule has 0 amide bonds. The molecule has 0 radical (unpaired) electrons. The molecule has 0 saturated heterocycles. The van der Waals surface area contributed by atoms with Crippen molar-refractivity contribution in [3.05, 3.63) is 0 Å². The van der Waals surface area contributed by atoms with Crippen LogP contribution in [-0.4, -0.2) is 49.9 Å². The minimum atomic E-state index is -0.904. The number of halogens is 1. The summed E-state index contributed by atoms with van der Waals surface area (Å²) in [4.78, 5) is 10.5. The molecule has 3 N–H and O–H groups in total.